The van der Waals surface area contributed by atoms with Crippen LogP contribution in [0.15, 0.2) is 36.8 Å². The van der Waals surface area contributed by atoms with Gasteiger partial charge >= 0.3 is 0 Å². The molecule has 0 fully saturated rings. The van der Waals surface area contributed by atoms with Crippen molar-refractivity contribution in [3.63, 3.8) is 0 Å². The zero-order valence-electron chi connectivity index (χ0n) is 11.5. The van der Waals surface area contributed by atoms with Crippen LogP contribution in [0.1, 0.15) is 28.2 Å². The quantitative estimate of drug-likeness (QED) is 0.807. The highest BCUT2D eigenvalue weighted by Gasteiger charge is 2.20. The van der Waals surface area contributed by atoms with Crippen LogP contribution in [0.5, 0.6) is 0 Å². The molecule has 0 saturated heterocycles. The molecule has 0 spiro atoms. The average molecular weight is 303 g/mol. The van der Waals surface area contributed by atoms with Crippen molar-refractivity contribution in [2.24, 2.45) is 0 Å². The number of amides is 1. The predicted octanol–water partition coefficient (Wildman–Crippen LogP) is 2.62. The van der Waals surface area contributed by atoms with E-state index in [2.05, 4.69) is 20.4 Å². The van der Waals surface area contributed by atoms with Gasteiger partial charge in [-0.25, -0.2) is 18.3 Å². The highest BCUT2D eigenvalue weighted by molar-refractivity contribution is 6.08. The van der Waals surface area contributed by atoms with Gasteiger partial charge in [0.15, 0.2) is 5.65 Å². The molecule has 3 rings (SSSR count). The van der Waals surface area contributed by atoms with Crippen LogP contribution < -0.4 is 5.32 Å². The molecule has 8 heteroatoms. The van der Waals surface area contributed by atoms with Crippen LogP contribution in [0, 0.1) is 6.92 Å². The van der Waals surface area contributed by atoms with Crippen molar-refractivity contribution in [1.29, 1.82) is 0 Å². The number of anilines is 1. The molecule has 6 nitrogen and oxygen atoms in total. The van der Waals surface area contributed by atoms with Crippen molar-refractivity contribution in [3.05, 3.63) is 53.7 Å². The highest BCUT2D eigenvalue weighted by Crippen LogP contribution is 2.22. The first-order chi connectivity index (χ1) is 10.6. The first-order valence-electron chi connectivity index (χ1n) is 6.41. The molecule has 0 atom stereocenters. The second-order valence-corrected chi connectivity index (χ2v) is 4.61. The van der Waals surface area contributed by atoms with E-state index < -0.39 is 12.3 Å². The fraction of sp³-hybridized carbons (Fsp3) is 0.143. The summed E-state index contributed by atoms with van der Waals surface area (Å²) in [5.74, 6) is -0.473. The van der Waals surface area contributed by atoms with E-state index in [1.165, 1.54) is 24.7 Å². The number of hydrogen-bond acceptors (Lipinski definition) is 4. The van der Waals surface area contributed by atoms with Crippen molar-refractivity contribution in [2.45, 2.75) is 13.3 Å². The van der Waals surface area contributed by atoms with Crippen LogP contribution in [0.3, 0.4) is 0 Å². The largest absolute Gasteiger partial charge is 0.322 e. The maximum Gasteiger partial charge on any atom is 0.280 e. The van der Waals surface area contributed by atoms with E-state index in [9.17, 15) is 13.6 Å². The van der Waals surface area contributed by atoms with Crippen LogP contribution in [0.4, 0.5) is 14.5 Å². The van der Waals surface area contributed by atoms with Crippen LogP contribution in [-0.4, -0.2) is 25.5 Å². The van der Waals surface area contributed by atoms with Crippen LogP contribution in [0.25, 0.3) is 5.65 Å². The van der Waals surface area contributed by atoms with E-state index in [0.717, 1.165) is 4.52 Å². The van der Waals surface area contributed by atoms with E-state index >= 15 is 0 Å². The molecular formula is C14H11F2N5O. The van der Waals surface area contributed by atoms with Crippen LogP contribution in [-0.2, 0) is 0 Å². The van der Waals surface area contributed by atoms with E-state index in [0.29, 0.717) is 11.4 Å². The van der Waals surface area contributed by atoms with Crippen LogP contribution >= 0.6 is 0 Å². The normalized spacial score (nSPS) is 11.1. The molecule has 112 valence electrons. The average Bonchev–Trinajstić information content (AvgIpc) is 2.90. The Balaban J connectivity index is 2.03. The molecule has 0 aliphatic heterocycles. The molecule has 3 heterocycles. The summed E-state index contributed by atoms with van der Waals surface area (Å²) in [5, 5.41) is 6.49. The van der Waals surface area contributed by atoms with Crippen molar-refractivity contribution in [1.82, 2.24) is 19.6 Å². The molecule has 0 aliphatic carbocycles. The van der Waals surface area contributed by atoms with Gasteiger partial charge in [-0.05, 0) is 25.1 Å². The Labute approximate surface area is 123 Å². The lowest BCUT2D eigenvalue weighted by atomic mass is 10.2. The van der Waals surface area contributed by atoms with E-state index in [4.69, 9.17) is 0 Å². The Morgan fingerprint density at radius 1 is 1.32 bits per heavy atom. The van der Waals surface area contributed by atoms with Crippen molar-refractivity contribution in [3.8, 4) is 0 Å². The number of nitrogens with zero attached hydrogens (tertiary/aromatic N) is 4. The number of carbonyl (C=O) groups excluding carboxylic acids is 1. The smallest absolute Gasteiger partial charge is 0.280 e. The number of alkyl halides is 2. The van der Waals surface area contributed by atoms with E-state index in [-0.39, 0.29) is 16.9 Å². The van der Waals surface area contributed by atoms with Gasteiger partial charge in [-0.15, -0.1) is 0 Å². The molecule has 0 saturated carbocycles. The number of carbonyl (C=O) groups is 1. The second kappa shape index (κ2) is 5.47. The topological polar surface area (TPSA) is 72.2 Å². The molecule has 3 aromatic heterocycles. The molecular weight excluding hydrogens is 292 g/mol. The number of nitrogens with one attached hydrogen (secondary N) is 1. The van der Waals surface area contributed by atoms with Gasteiger partial charge in [0.05, 0.1) is 6.20 Å². The fourth-order valence-electron chi connectivity index (χ4n) is 2.06. The van der Waals surface area contributed by atoms with Gasteiger partial charge in [-0.1, -0.05) is 0 Å². The predicted molar refractivity (Wildman–Crippen MR) is 74.9 cm³/mol. The number of fused-ring (bicyclic) bond motifs is 1. The maximum atomic E-state index is 13.0. The number of aromatic nitrogens is 4. The summed E-state index contributed by atoms with van der Waals surface area (Å²) in [7, 11) is 0. The Bertz CT molecular complexity index is 832. The minimum absolute atomic E-state index is 0.0989. The van der Waals surface area contributed by atoms with E-state index in [1.54, 1.807) is 19.1 Å². The minimum atomic E-state index is -2.71. The van der Waals surface area contributed by atoms with Crippen molar-refractivity contribution in [2.75, 3.05) is 5.32 Å². The molecule has 0 aromatic carbocycles. The molecule has 22 heavy (non-hydrogen) atoms. The summed E-state index contributed by atoms with van der Waals surface area (Å²) in [6.45, 7) is 1.59. The lowest BCUT2D eigenvalue weighted by Gasteiger charge is -2.06. The zero-order valence-corrected chi connectivity index (χ0v) is 11.5. The molecule has 0 unspecified atom stereocenters. The zero-order chi connectivity index (χ0) is 15.7. The summed E-state index contributed by atoms with van der Waals surface area (Å²) < 4.78 is 27.1. The number of hydrogen-bond donors (Lipinski definition) is 1. The Kier molecular flexibility index (Phi) is 3.50. The van der Waals surface area contributed by atoms with Gasteiger partial charge in [0.1, 0.15) is 11.3 Å². The molecule has 0 radical (unpaired) electrons. The van der Waals surface area contributed by atoms with Gasteiger partial charge in [0, 0.05) is 23.8 Å². The van der Waals surface area contributed by atoms with Crippen molar-refractivity contribution >= 4 is 17.2 Å². The summed E-state index contributed by atoms with van der Waals surface area (Å²) in [6, 6.07) is 4.48. The van der Waals surface area contributed by atoms with Gasteiger partial charge in [-0.2, -0.15) is 5.10 Å². The maximum absolute atomic E-state index is 13.0. The summed E-state index contributed by atoms with van der Waals surface area (Å²) >= 11 is 0. The first-order valence-corrected chi connectivity index (χ1v) is 6.41. The summed E-state index contributed by atoms with van der Waals surface area (Å²) in [4.78, 5) is 20.2. The third-order valence-corrected chi connectivity index (χ3v) is 3.03. The summed E-state index contributed by atoms with van der Waals surface area (Å²) in [6.07, 6.45) is 1.58. The Morgan fingerprint density at radius 3 is 2.73 bits per heavy atom. The summed E-state index contributed by atoms with van der Waals surface area (Å²) in [5.41, 5.74) is 0.858. The van der Waals surface area contributed by atoms with Crippen molar-refractivity contribution < 1.29 is 13.6 Å². The SMILES string of the molecule is Cc1cc(C(F)F)n2ncc(C(=O)Nc3ccncc3)c2n1. The lowest BCUT2D eigenvalue weighted by Crippen LogP contribution is -2.12. The molecule has 3 aromatic rings. The third kappa shape index (κ3) is 2.50. The Hall–Kier alpha value is -2.90. The second-order valence-electron chi connectivity index (χ2n) is 4.61. The molecule has 0 bridgehead atoms. The van der Waals surface area contributed by atoms with Gasteiger partial charge < -0.3 is 5.32 Å². The van der Waals surface area contributed by atoms with Gasteiger partial charge in [0.2, 0.25) is 0 Å². The third-order valence-electron chi connectivity index (χ3n) is 3.03. The molecule has 0 aliphatic rings. The lowest BCUT2D eigenvalue weighted by molar-refractivity contribution is 0.102. The fourth-order valence-corrected chi connectivity index (χ4v) is 2.06. The standard InChI is InChI=1S/C14H11F2N5O/c1-8-6-11(12(15)16)21-13(19-8)10(7-18-21)14(22)20-9-2-4-17-5-3-9/h2-7,12H,1H3,(H,17,20,22). The monoisotopic (exact) mass is 303 g/mol. The number of pyridine rings is 1. The molecule has 1 amide bonds. The molecule has 1 N–H and O–H groups in total. The Morgan fingerprint density at radius 2 is 2.05 bits per heavy atom. The number of halogens is 2. The highest BCUT2D eigenvalue weighted by atomic mass is 19.3. The minimum Gasteiger partial charge on any atom is -0.322 e. The van der Waals surface area contributed by atoms with Gasteiger partial charge in [0.25, 0.3) is 12.3 Å². The number of rotatable bonds is 3. The number of aryl methyl sites for hydroxylation is 1. The van der Waals surface area contributed by atoms with E-state index in [1.807, 2.05) is 0 Å². The van der Waals surface area contributed by atoms with Crippen LogP contribution in [0.2, 0.25) is 0 Å². The van der Waals surface area contributed by atoms with Gasteiger partial charge in [-0.3, -0.25) is 9.78 Å². The first kappa shape index (κ1) is 14.1.